The number of amides is 1. The van der Waals surface area contributed by atoms with E-state index in [0.29, 0.717) is 6.42 Å². The molecule has 0 bridgehead atoms. The molecule has 0 fully saturated rings. The van der Waals surface area contributed by atoms with Crippen molar-refractivity contribution in [2.75, 3.05) is 12.3 Å². The Kier molecular flexibility index (Phi) is 7.42. The van der Waals surface area contributed by atoms with Crippen molar-refractivity contribution in [3.05, 3.63) is 64.7 Å². The van der Waals surface area contributed by atoms with Crippen LogP contribution in [0.5, 0.6) is 5.75 Å². The minimum atomic E-state index is -4.52. The van der Waals surface area contributed by atoms with Gasteiger partial charge < -0.3 is 15.8 Å². The second-order valence-corrected chi connectivity index (χ2v) is 6.56. The minimum absolute atomic E-state index is 0.00792. The number of halogens is 5. The van der Waals surface area contributed by atoms with Crippen molar-refractivity contribution in [1.29, 1.82) is 0 Å². The van der Waals surface area contributed by atoms with Gasteiger partial charge in [0.15, 0.2) is 0 Å². The number of benzene rings is 2. The molecule has 0 aliphatic rings. The van der Waals surface area contributed by atoms with E-state index in [1.807, 2.05) is 0 Å². The highest BCUT2D eigenvalue weighted by Gasteiger charge is 2.31. The predicted molar refractivity (Wildman–Crippen MR) is 104 cm³/mol. The molecular weight excluding hydrogens is 407 g/mol. The molecule has 0 aromatic heterocycles. The lowest BCUT2D eigenvalue weighted by molar-refractivity contribution is -0.137. The number of ether oxygens (including phenoxy) is 1. The van der Waals surface area contributed by atoms with Crippen LogP contribution in [-0.2, 0) is 11.0 Å². The lowest BCUT2D eigenvalue weighted by Gasteiger charge is -2.14. The molecule has 0 radical (unpaired) electrons. The average Bonchev–Trinajstić information content (AvgIpc) is 2.67. The van der Waals surface area contributed by atoms with E-state index in [9.17, 15) is 26.7 Å². The second kappa shape index (κ2) is 9.60. The van der Waals surface area contributed by atoms with Gasteiger partial charge in [-0.1, -0.05) is 13.0 Å². The van der Waals surface area contributed by atoms with Crippen LogP contribution in [0, 0.1) is 11.6 Å². The van der Waals surface area contributed by atoms with Crippen LogP contribution in [0.25, 0.3) is 6.08 Å². The SMILES string of the molecule is CCCOc1cc(C(F)(F)F)ccc1/C=C/C(=O)N[C@H](C)c1cc(F)c(N)c(F)c1. The Hall–Kier alpha value is -3.10. The fraction of sp³-hybridized carbons (Fsp3) is 0.286. The second-order valence-electron chi connectivity index (χ2n) is 6.56. The Morgan fingerprint density at radius 1 is 1.20 bits per heavy atom. The summed E-state index contributed by atoms with van der Waals surface area (Å²) in [6.45, 7) is 3.53. The van der Waals surface area contributed by atoms with Crippen molar-refractivity contribution >= 4 is 17.7 Å². The number of carbonyl (C=O) groups is 1. The van der Waals surface area contributed by atoms with Crippen molar-refractivity contribution in [2.24, 2.45) is 0 Å². The number of hydrogen-bond acceptors (Lipinski definition) is 3. The Labute approximate surface area is 170 Å². The quantitative estimate of drug-likeness (QED) is 0.360. The van der Waals surface area contributed by atoms with E-state index in [1.54, 1.807) is 6.92 Å². The maximum absolute atomic E-state index is 13.6. The van der Waals surface area contributed by atoms with E-state index < -0.39 is 41.0 Å². The zero-order chi connectivity index (χ0) is 22.5. The van der Waals surface area contributed by atoms with Crippen LogP contribution in [0.15, 0.2) is 36.4 Å². The molecule has 30 heavy (non-hydrogen) atoms. The number of nitrogens with one attached hydrogen (secondary N) is 1. The Bertz CT molecular complexity index is 918. The lowest BCUT2D eigenvalue weighted by atomic mass is 10.1. The highest BCUT2D eigenvalue weighted by atomic mass is 19.4. The largest absolute Gasteiger partial charge is 0.493 e. The van der Waals surface area contributed by atoms with Gasteiger partial charge in [-0.25, -0.2) is 8.78 Å². The van der Waals surface area contributed by atoms with Gasteiger partial charge in [0.05, 0.1) is 18.2 Å². The fourth-order valence-electron chi connectivity index (χ4n) is 2.55. The summed E-state index contributed by atoms with van der Waals surface area (Å²) in [6.07, 6.45) is -1.53. The van der Waals surface area contributed by atoms with Gasteiger partial charge in [-0.2, -0.15) is 13.2 Å². The van der Waals surface area contributed by atoms with Crippen LogP contribution >= 0.6 is 0 Å². The lowest BCUT2D eigenvalue weighted by Crippen LogP contribution is -2.25. The van der Waals surface area contributed by atoms with Gasteiger partial charge in [-0.15, -0.1) is 0 Å². The molecule has 0 saturated heterocycles. The Balaban J connectivity index is 2.16. The fourth-order valence-corrected chi connectivity index (χ4v) is 2.55. The number of rotatable bonds is 7. The Morgan fingerprint density at radius 3 is 2.40 bits per heavy atom. The third-order valence-corrected chi connectivity index (χ3v) is 4.18. The van der Waals surface area contributed by atoms with E-state index >= 15 is 0 Å². The van der Waals surface area contributed by atoms with E-state index in [4.69, 9.17) is 10.5 Å². The number of carbonyl (C=O) groups excluding carboxylic acids is 1. The van der Waals surface area contributed by atoms with Crippen LogP contribution in [0.4, 0.5) is 27.6 Å². The third-order valence-electron chi connectivity index (χ3n) is 4.18. The zero-order valence-corrected chi connectivity index (χ0v) is 16.3. The molecule has 1 amide bonds. The first-order valence-corrected chi connectivity index (χ1v) is 9.10. The van der Waals surface area contributed by atoms with E-state index in [2.05, 4.69) is 5.32 Å². The summed E-state index contributed by atoms with van der Waals surface area (Å²) in [5.41, 5.74) is 4.19. The maximum Gasteiger partial charge on any atom is 0.416 e. The molecule has 9 heteroatoms. The van der Waals surface area contributed by atoms with E-state index in [-0.39, 0.29) is 23.5 Å². The number of alkyl halides is 3. The van der Waals surface area contributed by atoms with Gasteiger partial charge in [0, 0.05) is 11.6 Å². The number of anilines is 1. The molecule has 2 aromatic carbocycles. The van der Waals surface area contributed by atoms with Gasteiger partial charge in [-0.3, -0.25) is 4.79 Å². The highest BCUT2D eigenvalue weighted by Crippen LogP contribution is 2.33. The normalized spacial score (nSPS) is 12.8. The maximum atomic E-state index is 13.6. The molecule has 0 unspecified atom stereocenters. The molecule has 3 N–H and O–H groups in total. The first-order chi connectivity index (χ1) is 14.0. The van der Waals surface area contributed by atoms with Crippen molar-refractivity contribution in [3.8, 4) is 5.75 Å². The molecule has 1 atom stereocenters. The van der Waals surface area contributed by atoms with Crippen LogP contribution in [0.3, 0.4) is 0 Å². The van der Waals surface area contributed by atoms with Crippen LogP contribution < -0.4 is 15.8 Å². The van der Waals surface area contributed by atoms with E-state index in [1.165, 1.54) is 19.1 Å². The molecular formula is C21H21F5N2O2. The molecule has 0 aliphatic heterocycles. The molecule has 4 nitrogen and oxygen atoms in total. The van der Waals surface area contributed by atoms with Gasteiger partial charge >= 0.3 is 6.18 Å². The van der Waals surface area contributed by atoms with Crippen molar-refractivity contribution < 1.29 is 31.5 Å². The zero-order valence-electron chi connectivity index (χ0n) is 16.3. The summed E-state index contributed by atoms with van der Waals surface area (Å²) < 4.78 is 71.3. The van der Waals surface area contributed by atoms with Crippen molar-refractivity contribution in [1.82, 2.24) is 5.32 Å². The first kappa shape index (κ1) is 23.2. The highest BCUT2D eigenvalue weighted by molar-refractivity contribution is 5.92. The smallest absolute Gasteiger partial charge is 0.416 e. The summed E-state index contributed by atoms with van der Waals surface area (Å²) in [5, 5.41) is 2.52. The van der Waals surface area contributed by atoms with Gasteiger partial charge in [0.2, 0.25) is 5.91 Å². The van der Waals surface area contributed by atoms with Gasteiger partial charge in [0.1, 0.15) is 23.1 Å². The first-order valence-electron chi connectivity index (χ1n) is 9.10. The molecule has 0 spiro atoms. The summed E-state index contributed by atoms with van der Waals surface area (Å²) in [6, 6.07) is 4.25. The van der Waals surface area contributed by atoms with Crippen molar-refractivity contribution in [2.45, 2.75) is 32.5 Å². The number of nitrogens with two attached hydrogens (primary N) is 1. The van der Waals surface area contributed by atoms with E-state index in [0.717, 1.165) is 30.3 Å². The molecule has 162 valence electrons. The number of hydrogen-bond donors (Lipinski definition) is 2. The number of nitrogen functional groups attached to an aromatic ring is 1. The topological polar surface area (TPSA) is 64.3 Å². The molecule has 2 aromatic rings. The average molecular weight is 428 g/mol. The molecule has 0 saturated carbocycles. The van der Waals surface area contributed by atoms with Gasteiger partial charge in [0.25, 0.3) is 0 Å². The molecule has 2 rings (SSSR count). The summed E-state index contributed by atoms with van der Waals surface area (Å²) >= 11 is 0. The predicted octanol–water partition coefficient (Wildman–Crippen LogP) is 5.25. The monoisotopic (exact) mass is 428 g/mol. The summed E-state index contributed by atoms with van der Waals surface area (Å²) in [5.74, 6) is -2.50. The summed E-state index contributed by atoms with van der Waals surface area (Å²) in [7, 11) is 0. The van der Waals surface area contributed by atoms with Gasteiger partial charge in [-0.05, 0) is 49.2 Å². The van der Waals surface area contributed by atoms with Crippen LogP contribution in [-0.4, -0.2) is 12.5 Å². The van der Waals surface area contributed by atoms with Crippen LogP contribution in [0.1, 0.15) is 43.0 Å². The standard InChI is InChI=1S/C21H21F5N2O2/c1-3-8-30-18-11-15(21(24,25)26)6-4-13(18)5-7-19(29)28-12(2)14-9-16(22)20(27)17(23)10-14/h4-7,9-12H,3,8,27H2,1-2H3,(H,28,29)/b7-5+/t12-/m1/s1. The third kappa shape index (κ3) is 5.95. The van der Waals surface area contributed by atoms with Crippen LogP contribution in [0.2, 0.25) is 0 Å². The summed E-state index contributed by atoms with van der Waals surface area (Å²) in [4.78, 5) is 12.2. The van der Waals surface area contributed by atoms with Crippen molar-refractivity contribution in [3.63, 3.8) is 0 Å². The molecule has 0 aliphatic carbocycles. The Morgan fingerprint density at radius 2 is 1.83 bits per heavy atom. The minimum Gasteiger partial charge on any atom is -0.493 e. The molecule has 0 heterocycles.